The summed E-state index contributed by atoms with van der Waals surface area (Å²) in [5, 5.41) is 0. The summed E-state index contributed by atoms with van der Waals surface area (Å²) in [6, 6.07) is 0. The molecular weight excluding hydrogens is 272 g/mol. The predicted octanol–water partition coefficient (Wildman–Crippen LogP) is 3.93. The molecule has 0 fully saturated rings. The second-order valence-corrected chi connectivity index (χ2v) is 6.12. The largest absolute Gasteiger partial charge is 0.402 e. The minimum absolute atomic E-state index is 0.462. The lowest BCUT2D eigenvalue weighted by Crippen LogP contribution is -2.11. The number of hydrogen-bond acceptors (Lipinski definition) is 4. The van der Waals surface area contributed by atoms with Gasteiger partial charge in [0.05, 0.1) is 0 Å². The SMILES string of the molecule is CN=C(C)C(=C(C)N)C(C)C.CN=C(C)C(=C(C)N)C(C)C. The van der Waals surface area contributed by atoms with E-state index >= 15 is 0 Å². The molecule has 0 saturated heterocycles. The van der Waals surface area contributed by atoms with Crippen LogP contribution in [0.5, 0.6) is 0 Å². The fourth-order valence-corrected chi connectivity index (χ4v) is 2.56. The third-order valence-corrected chi connectivity index (χ3v) is 3.45. The molecule has 22 heavy (non-hydrogen) atoms. The molecule has 0 amide bonds. The summed E-state index contributed by atoms with van der Waals surface area (Å²) in [6.45, 7) is 16.3. The first kappa shape index (κ1) is 22.7. The van der Waals surface area contributed by atoms with E-state index in [9.17, 15) is 0 Å². The second-order valence-electron chi connectivity index (χ2n) is 6.12. The average Bonchev–Trinajstić information content (AvgIpc) is 2.37. The zero-order valence-corrected chi connectivity index (χ0v) is 16.2. The van der Waals surface area contributed by atoms with Crippen LogP contribution in [0.2, 0.25) is 0 Å². The topological polar surface area (TPSA) is 76.8 Å². The number of nitrogens with zero attached hydrogens (tertiary/aromatic N) is 2. The number of hydrogen-bond donors (Lipinski definition) is 2. The number of nitrogens with two attached hydrogens (primary N) is 2. The van der Waals surface area contributed by atoms with E-state index in [1.165, 1.54) is 11.1 Å². The third kappa shape index (κ3) is 8.01. The van der Waals surface area contributed by atoms with Crippen LogP contribution in [0.3, 0.4) is 0 Å². The van der Waals surface area contributed by atoms with Crippen LogP contribution >= 0.6 is 0 Å². The Morgan fingerprint density at radius 1 is 0.636 bits per heavy atom. The highest BCUT2D eigenvalue weighted by Crippen LogP contribution is 2.14. The van der Waals surface area contributed by atoms with Crippen LogP contribution in [0, 0.1) is 11.8 Å². The van der Waals surface area contributed by atoms with Crippen LogP contribution in [0.25, 0.3) is 0 Å². The van der Waals surface area contributed by atoms with E-state index in [1.807, 2.05) is 27.7 Å². The quantitative estimate of drug-likeness (QED) is 0.772. The average molecular weight is 309 g/mol. The molecule has 0 rings (SSSR count). The molecule has 0 aliphatic heterocycles. The first-order valence-electron chi connectivity index (χ1n) is 7.81. The van der Waals surface area contributed by atoms with Gasteiger partial charge < -0.3 is 11.5 Å². The van der Waals surface area contributed by atoms with Crippen LogP contribution in [0.1, 0.15) is 55.4 Å². The van der Waals surface area contributed by atoms with Gasteiger partial charge in [0.25, 0.3) is 0 Å². The van der Waals surface area contributed by atoms with Crippen LogP contribution in [-0.4, -0.2) is 25.5 Å². The molecule has 0 aromatic rings. The van der Waals surface area contributed by atoms with Crippen LogP contribution in [0.4, 0.5) is 0 Å². The number of allylic oxidation sites excluding steroid dienone is 4. The first-order chi connectivity index (χ1) is 10.0. The summed E-state index contributed by atoms with van der Waals surface area (Å²) >= 11 is 0. The minimum Gasteiger partial charge on any atom is -0.402 e. The Morgan fingerprint density at radius 2 is 0.864 bits per heavy atom. The molecule has 0 atom stereocenters. The van der Waals surface area contributed by atoms with Gasteiger partial charge in [-0.1, -0.05) is 27.7 Å². The van der Waals surface area contributed by atoms with Gasteiger partial charge in [-0.05, 0) is 50.7 Å². The molecule has 0 aromatic heterocycles. The monoisotopic (exact) mass is 308 g/mol. The Labute approximate surface area is 137 Å². The van der Waals surface area contributed by atoms with Crippen molar-refractivity contribution in [2.45, 2.75) is 55.4 Å². The van der Waals surface area contributed by atoms with Crippen LogP contribution in [0.15, 0.2) is 32.5 Å². The zero-order chi connectivity index (χ0) is 18.0. The van der Waals surface area contributed by atoms with Gasteiger partial charge in [0.2, 0.25) is 0 Å². The summed E-state index contributed by atoms with van der Waals surface area (Å²) in [5.41, 5.74) is 17.6. The van der Waals surface area contributed by atoms with Crippen molar-refractivity contribution in [3.05, 3.63) is 22.5 Å². The Kier molecular flexibility index (Phi) is 11.4. The van der Waals surface area contributed by atoms with E-state index in [1.54, 1.807) is 14.1 Å². The number of rotatable bonds is 4. The molecule has 0 unspecified atom stereocenters. The van der Waals surface area contributed by atoms with Crippen molar-refractivity contribution in [3.8, 4) is 0 Å². The molecule has 0 bridgehead atoms. The second kappa shape index (κ2) is 11.0. The van der Waals surface area contributed by atoms with Crippen LogP contribution in [-0.2, 0) is 0 Å². The highest BCUT2D eigenvalue weighted by atomic mass is 14.7. The zero-order valence-electron chi connectivity index (χ0n) is 16.2. The summed E-state index contributed by atoms with van der Waals surface area (Å²) in [7, 11) is 3.58. The molecule has 0 aliphatic rings. The molecule has 0 radical (unpaired) electrons. The molecular formula is C18H36N4. The molecule has 4 N–H and O–H groups in total. The van der Waals surface area contributed by atoms with E-state index in [0.717, 1.165) is 22.8 Å². The van der Waals surface area contributed by atoms with Gasteiger partial charge in [-0.25, -0.2) is 0 Å². The lowest BCUT2D eigenvalue weighted by Gasteiger charge is -2.12. The predicted molar refractivity (Wildman–Crippen MR) is 102 cm³/mol. The maximum Gasteiger partial charge on any atom is 0.0365 e. The maximum atomic E-state index is 5.71. The van der Waals surface area contributed by atoms with Crippen molar-refractivity contribution < 1.29 is 0 Å². The molecule has 4 heteroatoms. The van der Waals surface area contributed by atoms with Gasteiger partial charge in [-0.3, -0.25) is 9.98 Å². The fraction of sp³-hybridized carbons (Fsp3) is 0.667. The Hall–Kier alpha value is -1.58. The Bertz CT molecular complexity index is 411. The van der Waals surface area contributed by atoms with E-state index in [0.29, 0.717) is 11.8 Å². The highest BCUT2D eigenvalue weighted by Gasteiger charge is 2.08. The molecule has 0 aromatic carbocycles. The van der Waals surface area contributed by atoms with Crippen LogP contribution < -0.4 is 11.5 Å². The lowest BCUT2D eigenvalue weighted by atomic mass is 9.97. The van der Waals surface area contributed by atoms with Crippen molar-refractivity contribution >= 4 is 11.4 Å². The molecule has 0 saturated carbocycles. The first-order valence-corrected chi connectivity index (χ1v) is 7.81. The molecule has 4 nitrogen and oxygen atoms in total. The summed E-state index contributed by atoms with van der Waals surface area (Å²) in [6.07, 6.45) is 0. The van der Waals surface area contributed by atoms with Crippen molar-refractivity contribution in [3.63, 3.8) is 0 Å². The maximum absolute atomic E-state index is 5.71. The van der Waals surface area contributed by atoms with E-state index in [-0.39, 0.29) is 0 Å². The lowest BCUT2D eigenvalue weighted by molar-refractivity contribution is 0.787. The molecule has 128 valence electrons. The number of aliphatic imine (C=N–C) groups is 2. The van der Waals surface area contributed by atoms with Crippen molar-refractivity contribution in [2.75, 3.05) is 14.1 Å². The Balaban J connectivity index is 0. The van der Waals surface area contributed by atoms with E-state index in [2.05, 4.69) is 37.7 Å². The fourth-order valence-electron chi connectivity index (χ4n) is 2.56. The van der Waals surface area contributed by atoms with Gasteiger partial charge in [0.15, 0.2) is 0 Å². The highest BCUT2D eigenvalue weighted by molar-refractivity contribution is 5.99. The van der Waals surface area contributed by atoms with Gasteiger partial charge in [-0.2, -0.15) is 0 Å². The minimum atomic E-state index is 0.462. The van der Waals surface area contributed by atoms with Gasteiger partial charge in [0.1, 0.15) is 0 Å². The summed E-state index contributed by atoms with van der Waals surface area (Å²) in [4.78, 5) is 8.22. The third-order valence-electron chi connectivity index (χ3n) is 3.45. The van der Waals surface area contributed by atoms with Crippen molar-refractivity contribution in [1.82, 2.24) is 0 Å². The van der Waals surface area contributed by atoms with Crippen molar-refractivity contribution in [2.24, 2.45) is 33.3 Å². The van der Waals surface area contributed by atoms with Gasteiger partial charge in [0, 0.05) is 36.9 Å². The smallest absolute Gasteiger partial charge is 0.0365 e. The summed E-state index contributed by atoms with van der Waals surface area (Å²) < 4.78 is 0. The molecule has 0 spiro atoms. The Morgan fingerprint density at radius 3 is 0.909 bits per heavy atom. The standard InChI is InChI=1S/2C9H18N2/c2*1-6(2)9(7(3)10)8(4)11-5/h2*6H,10H2,1-5H3. The van der Waals surface area contributed by atoms with Gasteiger partial charge in [-0.15, -0.1) is 0 Å². The normalized spacial score (nSPS) is 15.3. The van der Waals surface area contributed by atoms with Crippen molar-refractivity contribution in [1.29, 1.82) is 0 Å². The van der Waals surface area contributed by atoms with E-state index < -0.39 is 0 Å². The van der Waals surface area contributed by atoms with E-state index in [4.69, 9.17) is 11.5 Å². The van der Waals surface area contributed by atoms with Gasteiger partial charge >= 0.3 is 0 Å². The summed E-state index contributed by atoms with van der Waals surface area (Å²) in [5.74, 6) is 0.924. The molecule has 0 aliphatic carbocycles. The molecule has 0 heterocycles.